The topological polar surface area (TPSA) is 161 Å². The first-order chi connectivity index (χ1) is 34.9. The van der Waals surface area contributed by atoms with Crippen LogP contribution in [0.25, 0.3) is 0 Å². The molecule has 0 unspecified atom stereocenters. The van der Waals surface area contributed by atoms with Crippen molar-refractivity contribution in [1.82, 2.24) is 5.32 Å². The fraction of sp³-hybridized carbons (Fsp3) is 0.357. The van der Waals surface area contributed by atoms with E-state index in [0.29, 0.717) is 107 Å². The first kappa shape index (κ1) is 49.8. The van der Waals surface area contributed by atoms with E-state index in [9.17, 15) is 19.2 Å². The number of hydrogen-bond acceptors (Lipinski definition) is 12. The van der Waals surface area contributed by atoms with Crippen molar-refractivity contribution in [2.24, 2.45) is 9.98 Å². The Morgan fingerprint density at radius 3 is 1.76 bits per heavy atom. The number of fused-ring (bicyclic) bond motifs is 8. The summed E-state index contributed by atoms with van der Waals surface area (Å²) in [7, 11) is 3.05. The molecule has 4 amide bonds. The van der Waals surface area contributed by atoms with Crippen LogP contribution < -0.4 is 39.0 Å². The summed E-state index contributed by atoms with van der Waals surface area (Å²) >= 11 is 4.22. The second-order valence-corrected chi connectivity index (χ2v) is 19.2. The van der Waals surface area contributed by atoms with Crippen LogP contribution in [0.15, 0.2) is 101 Å². The van der Waals surface area contributed by atoms with Crippen LogP contribution in [-0.4, -0.2) is 93.4 Å². The highest BCUT2D eigenvalue weighted by molar-refractivity contribution is 7.80. The second-order valence-electron chi connectivity index (χ2n) is 18.7. The predicted molar refractivity (Wildman–Crippen MR) is 282 cm³/mol. The van der Waals surface area contributed by atoms with Gasteiger partial charge in [0, 0.05) is 92.8 Å². The fourth-order valence-corrected chi connectivity index (χ4v) is 9.96. The lowest BCUT2D eigenvalue weighted by atomic mass is 10.0. The number of carbonyl (C=O) groups is 4. The van der Waals surface area contributed by atoms with Gasteiger partial charge in [0.2, 0.25) is 11.8 Å². The van der Waals surface area contributed by atoms with Crippen LogP contribution in [0.3, 0.4) is 0 Å². The molecule has 1 N–H and O–H groups in total. The third-order valence-electron chi connectivity index (χ3n) is 13.4. The Morgan fingerprint density at radius 1 is 0.736 bits per heavy atom. The molecular formula is C56H60N6O9S. The van der Waals surface area contributed by atoms with Gasteiger partial charge in [-0.25, -0.2) is 0 Å². The van der Waals surface area contributed by atoms with Crippen molar-refractivity contribution in [2.75, 3.05) is 54.4 Å². The average Bonchev–Trinajstić information content (AvgIpc) is 3.88. The molecule has 0 aromatic heterocycles. The van der Waals surface area contributed by atoms with Gasteiger partial charge < -0.3 is 33.9 Å². The SMILES string of the molecule is CCOC(C)(C)CCC(=O)N(CCCC(=O)NCCS)c1cc(COc2cc3c(cc2OC)C(=O)N2c4ccccc4C[C@H]2C=N3)cc(COc2cc3c(cc2OC)C(=O)N2c4ccccc4C[C@H]2C=N3)c1. The summed E-state index contributed by atoms with van der Waals surface area (Å²) in [6, 6.07) is 27.8. The van der Waals surface area contributed by atoms with Gasteiger partial charge in [-0.2, -0.15) is 12.6 Å². The van der Waals surface area contributed by atoms with Crippen LogP contribution >= 0.6 is 12.6 Å². The zero-order chi connectivity index (χ0) is 50.5. The Morgan fingerprint density at radius 2 is 1.26 bits per heavy atom. The minimum atomic E-state index is -0.540. The average molecular weight is 993 g/mol. The van der Waals surface area contributed by atoms with E-state index in [4.69, 9.17) is 33.7 Å². The molecule has 4 aliphatic rings. The van der Waals surface area contributed by atoms with Crippen molar-refractivity contribution in [3.8, 4) is 23.0 Å². The van der Waals surface area contributed by atoms with Gasteiger partial charge in [0.15, 0.2) is 23.0 Å². The summed E-state index contributed by atoms with van der Waals surface area (Å²) in [5.74, 6) is 1.36. The summed E-state index contributed by atoms with van der Waals surface area (Å²) in [4.78, 5) is 70.3. The van der Waals surface area contributed by atoms with E-state index in [1.807, 2.05) is 99.9 Å². The highest BCUT2D eigenvalue weighted by atomic mass is 32.1. The lowest BCUT2D eigenvalue weighted by Crippen LogP contribution is -2.37. The number of nitrogens with zero attached hydrogens (tertiary/aromatic N) is 5. The van der Waals surface area contributed by atoms with Gasteiger partial charge in [-0.3, -0.25) is 39.0 Å². The molecule has 0 saturated heterocycles. The predicted octanol–water partition coefficient (Wildman–Crippen LogP) is 9.19. The summed E-state index contributed by atoms with van der Waals surface area (Å²) in [5.41, 5.74) is 7.05. The van der Waals surface area contributed by atoms with E-state index in [-0.39, 0.29) is 68.3 Å². The van der Waals surface area contributed by atoms with Gasteiger partial charge in [-0.15, -0.1) is 0 Å². The minimum absolute atomic E-state index is 0.0289. The summed E-state index contributed by atoms with van der Waals surface area (Å²) in [6.07, 6.45) is 6.22. The van der Waals surface area contributed by atoms with E-state index in [0.717, 1.165) is 22.5 Å². The Labute approximate surface area is 425 Å². The molecule has 72 heavy (non-hydrogen) atoms. The van der Waals surface area contributed by atoms with Crippen molar-refractivity contribution in [3.05, 3.63) is 124 Å². The maximum atomic E-state index is 14.4. The van der Waals surface area contributed by atoms with Crippen LogP contribution in [0.1, 0.15) is 89.4 Å². The number of para-hydroxylation sites is 2. The van der Waals surface area contributed by atoms with Crippen LogP contribution in [-0.2, 0) is 40.4 Å². The molecule has 4 aliphatic heterocycles. The van der Waals surface area contributed by atoms with Gasteiger partial charge in [-0.1, -0.05) is 36.4 Å². The summed E-state index contributed by atoms with van der Waals surface area (Å²) in [5, 5.41) is 2.87. The van der Waals surface area contributed by atoms with E-state index in [1.54, 1.807) is 39.0 Å². The number of rotatable bonds is 20. The van der Waals surface area contributed by atoms with Crippen molar-refractivity contribution in [2.45, 2.75) is 90.2 Å². The largest absolute Gasteiger partial charge is 0.493 e. The van der Waals surface area contributed by atoms with Crippen molar-refractivity contribution in [1.29, 1.82) is 0 Å². The number of thiol groups is 1. The zero-order valence-corrected chi connectivity index (χ0v) is 42.2. The molecule has 0 saturated carbocycles. The highest BCUT2D eigenvalue weighted by Gasteiger charge is 2.38. The lowest BCUT2D eigenvalue weighted by Gasteiger charge is -2.28. The number of carbonyl (C=O) groups excluding carboxylic acids is 4. The molecule has 5 aromatic rings. The molecule has 9 rings (SSSR count). The van der Waals surface area contributed by atoms with E-state index in [1.165, 1.54) is 14.2 Å². The standard InChI is InChI=1S/C56H60N6O9S/c1-6-71-56(2,3)18-17-53(64)60(20-11-16-52(63)57-19-21-72)39-23-35(33-69-50-29-44-42(27-48(50)67-4)54(65)61-40(31-58-44)25-37-12-7-9-14-46(37)61)22-36(24-39)34-70-51-30-45-43(28-49(51)68-5)55(66)62-41(32-59-45)26-38-13-8-10-15-47(38)62/h7-10,12-15,22-24,27-32,40-41,72H,6,11,16-21,25-26,33-34H2,1-5H3,(H,57,63)/t40-,41-/m0/s1. The van der Waals surface area contributed by atoms with Gasteiger partial charge in [-0.05, 0) is 98.3 Å². The second kappa shape index (κ2) is 21.7. The Kier molecular flexibility index (Phi) is 15.0. The van der Waals surface area contributed by atoms with Gasteiger partial charge in [0.1, 0.15) is 13.2 Å². The molecule has 0 bridgehead atoms. The van der Waals surface area contributed by atoms with E-state index in [2.05, 4.69) is 17.9 Å². The molecule has 15 nitrogen and oxygen atoms in total. The third kappa shape index (κ3) is 10.6. The fourth-order valence-electron chi connectivity index (χ4n) is 9.85. The number of amides is 4. The Hall–Kier alpha value is -7.17. The van der Waals surface area contributed by atoms with Crippen molar-refractivity contribution >= 4 is 77.1 Å². The maximum Gasteiger partial charge on any atom is 0.261 e. The molecular weight excluding hydrogens is 933 g/mol. The molecule has 5 aromatic carbocycles. The third-order valence-corrected chi connectivity index (χ3v) is 13.6. The number of benzene rings is 5. The summed E-state index contributed by atoms with van der Waals surface area (Å²) < 4.78 is 30.7. The van der Waals surface area contributed by atoms with Gasteiger partial charge in [0.05, 0.1) is 54.4 Å². The lowest BCUT2D eigenvalue weighted by molar-refractivity contribution is -0.122. The molecule has 0 aliphatic carbocycles. The number of methoxy groups -OCH3 is 2. The van der Waals surface area contributed by atoms with Crippen LogP contribution in [0.2, 0.25) is 0 Å². The maximum absolute atomic E-state index is 14.4. The van der Waals surface area contributed by atoms with Gasteiger partial charge in [0.25, 0.3) is 11.8 Å². The molecule has 0 spiro atoms. The Balaban J connectivity index is 1.03. The highest BCUT2D eigenvalue weighted by Crippen LogP contribution is 2.43. The van der Waals surface area contributed by atoms with E-state index >= 15 is 0 Å². The van der Waals surface area contributed by atoms with Crippen LogP contribution in [0.4, 0.5) is 28.4 Å². The Bertz CT molecular complexity index is 2790. The molecule has 4 heterocycles. The van der Waals surface area contributed by atoms with Gasteiger partial charge >= 0.3 is 0 Å². The quantitative estimate of drug-likeness (QED) is 0.0725. The summed E-state index contributed by atoms with van der Waals surface area (Å²) in [6.45, 7) is 7.13. The number of hydrogen-bond donors (Lipinski definition) is 2. The van der Waals surface area contributed by atoms with Crippen molar-refractivity contribution in [3.63, 3.8) is 0 Å². The molecule has 0 radical (unpaired) electrons. The monoisotopic (exact) mass is 992 g/mol. The van der Waals surface area contributed by atoms with Crippen LogP contribution in [0.5, 0.6) is 23.0 Å². The van der Waals surface area contributed by atoms with E-state index < -0.39 is 5.60 Å². The number of aliphatic imine (C=N–C) groups is 2. The molecule has 16 heteroatoms. The zero-order valence-electron chi connectivity index (χ0n) is 41.3. The molecule has 2 atom stereocenters. The minimum Gasteiger partial charge on any atom is -0.493 e. The molecule has 0 fully saturated rings. The number of anilines is 3. The van der Waals surface area contributed by atoms with Crippen LogP contribution in [0, 0.1) is 0 Å². The smallest absolute Gasteiger partial charge is 0.261 e. The first-order valence-electron chi connectivity index (χ1n) is 24.4. The molecule has 374 valence electrons. The normalized spacial score (nSPS) is 16.1. The number of ether oxygens (including phenoxy) is 5. The van der Waals surface area contributed by atoms with Crippen molar-refractivity contribution < 1.29 is 42.9 Å². The number of nitrogens with one attached hydrogen (secondary N) is 1. The first-order valence-corrected chi connectivity index (χ1v) is 25.1.